The molecule has 2 rings (SSSR count). The molecular formula is C15H22IN5OS. The van der Waals surface area contributed by atoms with E-state index >= 15 is 0 Å². The van der Waals surface area contributed by atoms with Gasteiger partial charge in [-0.2, -0.15) is 4.98 Å². The third-order valence-corrected chi connectivity index (χ3v) is 3.84. The fourth-order valence-electron chi connectivity index (χ4n) is 1.81. The third-order valence-electron chi connectivity index (χ3n) is 2.83. The molecule has 2 aromatic rings. The Morgan fingerprint density at radius 3 is 2.61 bits per heavy atom. The maximum absolute atomic E-state index is 5.06. The topological polar surface area (TPSA) is 75.3 Å². The largest absolute Gasteiger partial charge is 0.356 e. The van der Waals surface area contributed by atoms with Crippen molar-refractivity contribution in [3.05, 3.63) is 42.0 Å². The average molecular weight is 447 g/mol. The number of rotatable bonds is 7. The minimum Gasteiger partial charge on any atom is -0.356 e. The van der Waals surface area contributed by atoms with E-state index in [0.29, 0.717) is 24.7 Å². The van der Waals surface area contributed by atoms with E-state index in [2.05, 4.69) is 50.0 Å². The molecule has 0 atom stereocenters. The van der Waals surface area contributed by atoms with E-state index < -0.39 is 0 Å². The van der Waals surface area contributed by atoms with Gasteiger partial charge in [0.2, 0.25) is 5.89 Å². The van der Waals surface area contributed by atoms with Crippen molar-refractivity contribution in [3.63, 3.8) is 0 Å². The van der Waals surface area contributed by atoms with Gasteiger partial charge < -0.3 is 15.2 Å². The molecule has 8 heteroatoms. The number of thioether (sulfide) groups is 1. The van der Waals surface area contributed by atoms with E-state index in [1.807, 2.05) is 24.8 Å². The number of nitrogens with zero attached hydrogens (tertiary/aromatic N) is 3. The number of aryl methyl sites for hydroxylation is 1. The maximum Gasteiger partial charge on any atom is 0.228 e. The van der Waals surface area contributed by atoms with E-state index in [-0.39, 0.29) is 24.0 Å². The summed E-state index contributed by atoms with van der Waals surface area (Å²) in [6, 6.07) is 10.4. The number of halogens is 1. The Balaban J connectivity index is 0.00000264. The Morgan fingerprint density at radius 1 is 1.22 bits per heavy atom. The number of guanidine groups is 1. The molecular weight excluding hydrogens is 425 g/mol. The average Bonchev–Trinajstić information content (AvgIpc) is 2.96. The number of nitrogens with one attached hydrogen (secondary N) is 2. The van der Waals surface area contributed by atoms with Gasteiger partial charge in [0.15, 0.2) is 11.8 Å². The van der Waals surface area contributed by atoms with E-state index in [1.165, 1.54) is 4.90 Å². The summed E-state index contributed by atoms with van der Waals surface area (Å²) in [6.45, 7) is 3.36. The molecule has 6 nitrogen and oxygen atoms in total. The SMILES string of the molecule is CN=C(NCCSc1ccccc1)NCCc1nc(C)no1.I. The molecule has 0 aliphatic carbocycles. The molecule has 0 aliphatic heterocycles. The summed E-state index contributed by atoms with van der Waals surface area (Å²) in [7, 11) is 1.76. The molecule has 23 heavy (non-hydrogen) atoms. The molecule has 1 heterocycles. The molecule has 0 spiro atoms. The van der Waals surface area contributed by atoms with E-state index in [0.717, 1.165) is 18.3 Å². The van der Waals surface area contributed by atoms with Crippen LogP contribution in [0.2, 0.25) is 0 Å². The van der Waals surface area contributed by atoms with Crippen LogP contribution in [0.15, 0.2) is 44.7 Å². The zero-order valence-corrected chi connectivity index (χ0v) is 16.4. The van der Waals surface area contributed by atoms with Gasteiger partial charge in [-0.25, -0.2) is 0 Å². The summed E-state index contributed by atoms with van der Waals surface area (Å²) in [4.78, 5) is 9.63. The minimum absolute atomic E-state index is 0. The second kappa shape index (κ2) is 11.3. The predicted octanol–water partition coefficient (Wildman–Crippen LogP) is 2.50. The molecule has 2 N–H and O–H groups in total. The van der Waals surface area contributed by atoms with Gasteiger partial charge in [0.05, 0.1) is 0 Å². The molecule has 0 saturated carbocycles. The summed E-state index contributed by atoms with van der Waals surface area (Å²) < 4.78 is 5.06. The van der Waals surface area contributed by atoms with Gasteiger partial charge >= 0.3 is 0 Å². The predicted molar refractivity (Wildman–Crippen MR) is 105 cm³/mol. The lowest BCUT2D eigenvalue weighted by Gasteiger charge is -2.10. The summed E-state index contributed by atoms with van der Waals surface area (Å²) in [5, 5.41) is 10.3. The molecule has 0 radical (unpaired) electrons. The van der Waals surface area contributed by atoms with Crippen LogP contribution in [0.4, 0.5) is 0 Å². The molecule has 0 bridgehead atoms. The maximum atomic E-state index is 5.06. The Labute approximate surface area is 157 Å². The molecule has 0 unspecified atom stereocenters. The van der Waals surface area contributed by atoms with Gasteiger partial charge in [0.25, 0.3) is 0 Å². The van der Waals surface area contributed by atoms with Crippen molar-refractivity contribution < 1.29 is 4.52 Å². The van der Waals surface area contributed by atoms with Crippen LogP contribution in [0.25, 0.3) is 0 Å². The third kappa shape index (κ3) is 7.69. The fourth-order valence-corrected chi connectivity index (χ4v) is 2.59. The molecule has 0 aliphatic rings. The van der Waals surface area contributed by atoms with Crippen molar-refractivity contribution in [1.82, 2.24) is 20.8 Å². The Morgan fingerprint density at radius 2 is 1.96 bits per heavy atom. The summed E-state index contributed by atoms with van der Waals surface area (Å²) >= 11 is 1.82. The van der Waals surface area contributed by atoms with Crippen molar-refractivity contribution in [1.29, 1.82) is 0 Å². The van der Waals surface area contributed by atoms with Crippen molar-refractivity contribution in [2.45, 2.75) is 18.2 Å². The monoisotopic (exact) mass is 447 g/mol. The molecule has 126 valence electrons. The zero-order chi connectivity index (χ0) is 15.6. The van der Waals surface area contributed by atoms with Crippen LogP contribution in [-0.4, -0.2) is 42.0 Å². The van der Waals surface area contributed by atoms with E-state index in [1.54, 1.807) is 7.05 Å². The van der Waals surface area contributed by atoms with Crippen LogP contribution in [0.3, 0.4) is 0 Å². The van der Waals surface area contributed by atoms with Crippen LogP contribution in [0.1, 0.15) is 11.7 Å². The van der Waals surface area contributed by atoms with Gasteiger partial charge in [-0.1, -0.05) is 23.4 Å². The summed E-state index contributed by atoms with van der Waals surface area (Å²) in [5.74, 6) is 3.06. The Hall–Kier alpha value is -1.29. The van der Waals surface area contributed by atoms with Crippen molar-refractivity contribution in [2.75, 3.05) is 25.9 Å². The molecule has 0 fully saturated rings. The molecule has 0 saturated heterocycles. The lowest BCUT2D eigenvalue weighted by Crippen LogP contribution is -2.39. The van der Waals surface area contributed by atoms with E-state index in [9.17, 15) is 0 Å². The highest BCUT2D eigenvalue weighted by atomic mass is 127. The first-order chi connectivity index (χ1) is 10.8. The first-order valence-electron chi connectivity index (χ1n) is 7.19. The molecule has 1 aromatic carbocycles. The molecule has 1 aromatic heterocycles. The van der Waals surface area contributed by atoms with Crippen molar-refractivity contribution >= 4 is 41.7 Å². The van der Waals surface area contributed by atoms with Crippen molar-refractivity contribution in [3.8, 4) is 0 Å². The number of hydrogen-bond donors (Lipinski definition) is 2. The lowest BCUT2D eigenvalue weighted by atomic mass is 10.4. The second-order valence-corrected chi connectivity index (χ2v) is 5.74. The highest BCUT2D eigenvalue weighted by molar-refractivity contribution is 14.0. The fraction of sp³-hybridized carbons (Fsp3) is 0.400. The van der Waals surface area contributed by atoms with Crippen LogP contribution >= 0.6 is 35.7 Å². The van der Waals surface area contributed by atoms with Crippen LogP contribution < -0.4 is 10.6 Å². The number of aromatic nitrogens is 2. The normalized spacial score (nSPS) is 11.0. The Kier molecular flexibility index (Phi) is 9.69. The van der Waals surface area contributed by atoms with Gasteiger partial charge in [-0.15, -0.1) is 35.7 Å². The van der Waals surface area contributed by atoms with Gasteiger partial charge in [0.1, 0.15) is 0 Å². The number of hydrogen-bond acceptors (Lipinski definition) is 5. The Bertz CT molecular complexity index is 591. The summed E-state index contributed by atoms with van der Waals surface area (Å²) in [5.41, 5.74) is 0. The van der Waals surface area contributed by atoms with Crippen LogP contribution in [0.5, 0.6) is 0 Å². The van der Waals surface area contributed by atoms with Gasteiger partial charge in [0, 0.05) is 37.2 Å². The number of aliphatic imine (C=N–C) groups is 1. The lowest BCUT2D eigenvalue weighted by molar-refractivity contribution is 0.374. The second-order valence-electron chi connectivity index (χ2n) is 4.57. The highest BCUT2D eigenvalue weighted by Gasteiger charge is 2.03. The van der Waals surface area contributed by atoms with E-state index in [4.69, 9.17) is 4.52 Å². The van der Waals surface area contributed by atoms with Crippen LogP contribution in [0, 0.1) is 6.92 Å². The highest BCUT2D eigenvalue weighted by Crippen LogP contribution is 2.15. The quantitative estimate of drug-likeness (QED) is 0.223. The first kappa shape index (κ1) is 19.8. The van der Waals surface area contributed by atoms with Crippen molar-refractivity contribution in [2.24, 2.45) is 4.99 Å². The number of benzene rings is 1. The zero-order valence-electron chi connectivity index (χ0n) is 13.3. The van der Waals surface area contributed by atoms with Gasteiger partial charge in [-0.3, -0.25) is 4.99 Å². The standard InChI is InChI=1S/C15H21N5OS.HI/c1-12-19-14(21-20-12)8-9-17-15(16-2)18-10-11-22-13-6-4-3-5-7-13;/h3-7H,8-11H2,1-2H3,(H2,16,17,18);1H. The smallest absolute Gasteiger partial charge is 0.228 e. The first-order valence-corrected chi connectivity index (χ1v) is 8.18. The minimum atomic E-state index is 0. The molecule has 0 amide bonds. The summed E-state index contributed by atoms with van der Waals surface area (Å²) in [6.07, 6.45) is 0.681. The van der Waals surface area contributed by atoms with Crippen LogP contribution in [-0.2, 0) is 6.42 Å². The van der Waals surface area contributed by atoms with Gasteiger partial charge in [-0.05, 0) is 19.1 Å².